The van der Waals surface area contributed by atoms with Gasteiger partial charge in [-0.2, -0.15) is 4.52 Å². The molecule has 0 saturated heterocycles. The molecule has 0 radical (unpaired) electrons. The molecule has 5 nitrogen and oxygen atoms in total. The number of hydrogen-bond acceptors (Lipinski definition) is 5. The number of rotatable bonds is 2. The summed E-state index contributed by atoms with van der Waals surface area (Å²) in [5, 5.41) is 6.63. The molecule has 0 bridgehead atoms. The lowest BCUT2D eigenvalue weighted by atomic mass is 9.94. The maximum absolute atomic E-state index is 12.2. The van der Waals surface area contributed by atoms with E-state index in [1.807, 2.05) is 13.0 Å². The molecule has 25 heavy (non-hydrogen) atoms. The Morgan fingerprint density at radius 1 is 1.32 bits per heavy atom. The van der Waals surface area contributed by atoms with Gasteiger partial charge in [0.15, 0.2) is 0 Å². The first-order chi connectivity index (χ1) is 12.0. The van der Waals surface area contributed by atoms with Gasteiger partial charge in [0, 0.05) is 28.4 Å². The van der Waals surface area contributed by atoms with E-state index in [0.717, 1.165) is 41.3 Å². The summed E-state index contributed by atoms with van der Waals surface area (Å²) in [5.74, 6) is 0. The first-order valence-electron chi connectivity index (χ1n) is 8.12. The number of hydrogen-bond donors (Lipinski definition) is 0. The van der Waals surface area contributed by atoms with Gasteiger partial charge in [0.1, 0.15) is 0 Å². The summed E-state index contributed by atoms with van der Waals surface area (Å²) < 4.78 is 1.38. The molecule has 1 aliphatic rings. The molecule has 0 spiro atoms. The fraction of sp³-hybridized carbons (Fsp3) is 0.353. The maximum atomic E-state index is 12.2. The second-order valence-electron chi connectivity index (χ2n) is 6.09. The molecule has 1 atom stereocenters. The Bertz CT molecular complexity index is 1030. The zero-order chi connectivity index (χ0) is 17.7. The van der Waals surface area contributed by atoms with Crippen molar-refractivity contribution >= 4 is 44.6 Å². The molecular formula is C17H16Cl2N4OS. The quantitative estimate of drug-likeness (QED) is 0.654. The second kappa shape index (κ2) is 6.27. The molecule has 0 aliphatic carbocycles. The zero-order valence-electron chi connectivity index (χ0n) is 13.8. The highest BCUT2D eigenvalue weighted by atomic mass is 35.5. The molecule has 0 saturated carbocycles. The molecule has 3 heterocycles. The molecule has 8 heteroatoms. The Kier molecular flexibility index (Phi) is 4.22. The van der Waals surface area contributed by atoms with Gasteiger partial charge in [0.2, 0.25) is 10.1 Å². The van der Waals surface area contributed by atoms with E-state index >= 15 is 0 Å². The number of aromatic nitrogens is 3. The van der Waals surface area contributed by atoms with Crippen LogP contribution in [0.2, 0.25) is 10.0 Å². The van der Waals surface area contributed by atoms with E-state index < -0.39 is 0 Å². The van der Waals surface area contributed by atoms with Gasteiger partial charge in [0.25, 0.3) is 5.56 Å². The molecule has 130 valence electrons. The molecule has 4 rings (SSSR count). The zero-order valence-corrected chi connectivity index (χ0v) is 16.1. The average molecular weight is 395 g/mol. The summed E-state index contributed by atoms with van der Waals surface area (Å²) in [6, 6.07) is 5.37. The number of fused-ring (bicyclic) bond motifs is 2. The number of aryl methyl sites for hydroxylation is 1. The van der Waals surface area contributed by atoms with Gasteiger partial charge in [-0.05, 0) is 43.0 Å². The molecule has 3 aromatic rings. The van der Waals surface area contributed by atoms with Gasteiger partial charge in [-0.1, -0.05) is 41.5 Å². The van der Waals surface area contributed by atoms with Crippen molar-refractivity contribution in [2.75, 3.05) is 11.4 Å². The van der Waals surface area contributed by atoms with Crippen molar-refractivity contribution in [2.24, 2.45) is 0 Å². The van der Waals surface area contributed by atoms with Crippen LogP contribution < -0.4 is 10.5 Å². The monoisotopic (exact) mass is 394 g/mol. The number of halogens is 2. The van der Waals surface area contributed by atoms with Crippen molar-refractivity contribution in [3.8, 4) is 0 Å². The Morgan fingerprint density at radius 2 is 2.12 bits per heavy atom. The third-order valence-electron chi connectivity index (χ3n) is 4.61. The van der Waals surface area contributed by atoms with E-state index in [1.165, 1.54) is 15.9 Å². The number of anilines is 1. The van der Waals surface area contributed by atoms with Crippen LogP contribution in [0.15, 0.2) is 23.0 Å². The average Bonchev–Trinajstić information content (AvgIpc) is 3.00. The molecule has 1 aromatic carbocycles. The normalized spacial score (nSPS) is 17.1. The van der Waals surface area contributed by atoms with E-state index in [2.05, 4.69) is 21.9 Å². The third-order valence-corrected chi connectivity index (χ3v) is 6.11. The summed E-state index contributed by atoms with van der Waals surface area (Å²) in [6.45, 7) is 4.87. The Morgan fingerprint density at radius 3 is 2.88 bits per heavy atom. The summed E-state index contributed by atoms with van der Waals surface area (Å²) in [5.41, 5.74) is 2.90. The van der Waals surface area contributed by atoms with E-state index in [0.29, 0.717) is 15.0 Å². The summed E-state index contributed by atoms with van der Waals surface area (Å²) in [7, 11) is 0. The van der Waals surface area contributed by atoms with E-state index in [1.54, 1.807) is 12.1 Å². The molecule has 0 amide bonds. The minimum Gasteiger partial charge on any atom is -0.340 e. The molecule has 2 aromatic heterocycles. The predicted octanol–water partition coefficient (Wildman–Crippen LogP) is 4.14. The maximum Gasteiger partial charge on any atom is 0.275 e. The van der Waals surface area contributed by atoms with Crippen molar-refractivity contribution in [3.05, 3.63) is 55.4 Å². The van der Waals surface area contributed by atoms with Crippen molar-refractivity contribution in [2.45, 2.75) is 32.7 Å². The lowest BCUT2D eigenvalue weighted by Gasteiger charge is -2.35. The molecule has 0 N–H and O–H groups in total. The fourth-order valence-corrected chi connectivity index (χ4v) is 4.89. The minimum absolute atomic E-state index is 0.0712. The van der Waals surface area contributed by atoms with Crippen LogP contribution >= 0.6 is 34.5 Å². The fourth-order valence-electron chi connectivity index (χ4n) is 3.26. The number of benzene rings is 1. The van der Waals surface area contributed by atoms with Crippen LogP contribution in [-0.2, 0) is 12.8 Å². The minimum atomic E-state index is -0.138. The third kappa shape index (κ3) is 2.82. The van der Waals surface area contributed by atoms with Gasteiger partial charge in [-0.15, -0.1) is 5.10 Å². The van der Waals surface area contributed by atoms with Gasteiger partial charge in [-0.25, -0.2) is 4.98 Å². The van der Waals surface area contributed by atoms with Crippen molar-refractivity contribution < 1.29 is 0 Å². The summed E-state index contributed by atoms with van der Waals surface area (Å²) in [6.07, 6.45) is 1.54. The smallest absolute Gasteiger partial charge is 0.275 e. The highest BCUT2D eigenvalue weighted by Crippen LogP contribution is 2.39. The summed E-state index contributed by atoms with van der Waals surface area (Å²) >= 11 is 14.0. The van der Waals surface area contributed by atoms with Gasteiger partial charge in [0.05, 0.1) is 6.04 Å². The molecule has 0 unspecified atom stereocenters. The Balaban J connectivity index is 1.79. The first-order valence-corrected chi connectivity index (χ1v) is 9.69. The predicted molar refractivity (Wildman–Crippen MR) is 102 cm³/mol. The van der Waals surface area contributed by atoms with Crippen molar-refractivity contribution in [1.82, 2.24) is 14.6 Å². The van der Waals surface area contributed by atoms with E-state index in [4.69, 9.17) is 23.2 Å². The van der Waals surface area contributed by atoms with Gasteiger partial charge >= 0.3 is 0 Å². The lowest BCUT2D eigenvalue weighted by Crippen LogP contribution is -2.34. The van der Waals surface area contributed by atoms with Gasteiger partial charge in [-0.3, -0.25) is 4.79 Å². The van der Waals surface area contributed by atoms with Crippen LogP contribution in [0.3, 0.4) is 0 Å². The summed E-state index contributed by atoms with van der Waals surface area (Å²) in [4.78, 5) is 19.6. The van der Waals surface area contributed by atoms with Gasteiger partial charge < -0.3 is 4.90 Å². The Hall–Kier alpha value is -1.63. The van der Waals surface area contributed by atoms with Crippen LogP contribution in [0.4, 0.5) is 5.13 Å². The van der Waals surface area contributed by atoms with Crippen LogP contribution in [0.25, 0.3) is 4.96 Å². The van der Waals surface area contributed by atoms with Crippen molar-refractivity contribution in [3.63, 3.8) is 0 Å². The molecule has 1 aliphatic heterocycles. The van der Waals surface area contributed by atoms with Crippen LogP contribution in [0.5, 0.6) is 0 Å². The van der Waals surface area contributed by atoms with Crippen LogP contribution in [0, 0.1) is 0 Å². The Labute approximate surface area is 158 Å². The van der Waals surface area contributed by atoms with E-state index in [9.17, 15) is 4.79 Å². The van der Waals surface area contributed by atoms with E-state index in [-0.39, 0.29) is 11.6 Å². The first kappa shape index (κ1) is 16.8. The van der Waals surface area contributed by atoms with Crippen LogP contribution in [0.1, 0.15) is 36.7 Å². The largest absolute Gasteiger partial charge is 0.340 e. The highest BCUT2D eigenvalue weighted by molar-refractivity contribution is 7.20. The lowest BCUT2D eigenvalue weighted by molar-refractivity contribution is 0.617. The van der Waals surface area contributed by atoms with Crippen LogP contribution in [-0.4, -0.2) is 21.1 Å². The SMILES string of the molecule is CCc1cc(=O)n2nc(N3CCc4c(Cl)cc(Cl)cc4[C@H]3C)sc2n1. The standard InChI is InChI=1S/C17H16Cl2N4OS/c1-3-11-8-15(24)23-16(20-11)25-17(21-23)22-5-4-12-13(9(22)2)6-10(18)7-14(12)19/h6-9H,3-5H2,1-2H3/t9-/m1/s1. The molecule has 0 fully saturated rings. The topological polar surface area (TPSA) is 50.5 Å². The highest BCUT2D eigenvalue weighted by Gasteiger charge is 2.28. The van der Waals surface area contributed by atoms with Crippen molar-refractivity contribution in [1.29, 1.82) is 0 Å². The molecular weight excluding hydrogens is 379 g/mol. The number of nitrogens with zero attached hydrogens (tertiary/aromatic N) is 4. The second-order valence-corrected chi connectivity index (χ2v) is 7.87.